The molecular formula is C15H12ClFO4. The Morgan fingerprint density at radius 1 is 1.29 bits per heavy atom. The number of hydrogen-bond donors (Lipinski definition) is 1. The molecule has 1 N–H and O–H groups in total. The van der Waals surface area contributed by atoms with Crippen LogP contribution in [0.5, 0.6) is 11.5 Å². The fourth-order valence-electron chi connectivity index (χ4n) is 1.68. The van der Waals surface area contributed by atoms with E-state index >= 15 is 0 Å². The molecule has 0 heterocycles. The highest BCUT2D eigenvalue weighted by atomic mass is 35.5. The quantitative estimate of drug-likeness (QED) is 0.913. The van der Waals surface area contributed by atoms with Crippen LogP contribution in [0.3, 0.4) is 0 Å². The molecule has 0 radical (unpaired) electrons. The molecule has 0 saturated carbocycles. The van der Waals surface area contributed by atoms with Crippen molar-refractivity contribution in [3.05, 3.63) is 58.4 Å². The summed E-state index contributed by atoms with van der Waals surface area (Å²) in [7, 11) is 1.45. The van der Waals surface area contributed by atoms with Crippen molar-refractivity contribution in [2.75, 3.05) is 7.11 Å². The van der Waals surface area contributed by atoms with E-state index in [-0.39, 0.29) is 22.9 Å². The number of rotatable bonds is 5. The van der Waals surface area contributed by atoms with Crippen LogP contribution in [0.1, 0.15) is 15.9 Å². The van der Waals surface area contributed by atoms with Gasteiger partial charge >= 0.3 is 5.97 Å². The summed E-state index contributed by atoms with van der Waals surface area (Å²) < 4.78 is 24.1. The summed E-state index contributed by atoms with van der Waals surface area (Å²) in [4.78, 5) is 10.8. The molecule has 0 aromatic heterocycles. The van der Waals surface area contributed by atoms with Crippen molar-refractivity contribution >= 4 is 17.6 Å². The lowest BCUT2D eigenvalue weighted by atomic mass is 10.2. The first-order valence-corrected chi connectivity index (χ1v) is 6.37. The number of carbonyl (C=O) groups is 1. The maximum Gasteiger partial charge on any atom is 0.335 e. The molecule has 2 rings (SSSR count). The highest BCUT2D eigenvalue weighted by Gasteiger charge is 2.10. The molecule has 0 bridgehead atoms. The van der Waals surface area contributed by atoms with Crippen molar-refractivity contribution in [1.29, 1.82) is 0 Å². The van der Waals surface area contributed by atoms with E-state index in [9.17, 15) is 9.18 Å². The second kappa shape index (κ2) is 6.45. The van der Waals surface area contributed by atoms with Gasteiger partial charge in [0.15, 0.2) is 0 Å². The van der Waals surface area contributed by atoms with Crippen LogP contribution in [0.15, 0.2) is 36.4 Å². The van der Waals surface area contributed by atoms with Crippen molar-refractivity contribution in [3.63, 3.8) is 0 Å². The van der Waals surface area contributed by atoms with Gasteiger partial charge in [-0.25, -0.2) is 9.18 Å². The maximum atomic E-state index is 13.7. The normalized spacial score (nSPS) is 10.2. The smallest absolute Gasteiger partial charge is 0.335 e. The number of methoxy groups -OCH3 is 1. The number of carboxylic acids is 1. The minimum atomic E-state index is -1.08. The molecule has 2 aromatic carbocycles. The third kappa shape index (κ3) is 3.64. The molecule has 0 amide bonds. The number of hydrogen-bond acceptors (Lipinski definition) is 3. The standard InChI is InChI=1S/C15H12ClFO4/c1-20-11-4-2-10(13(17)7-11)8-21-14-5-3-9(15(18)19)6-12(14)16/h2-7H,8H2,1H3,(H,18,19). The number of aromatic carboxylic acids is 1. The molecule has 2 aromatic rings. The maximum absolute atomic E-state index is 13.7. The molecule has 0 aliphatic carbocycles. The van der Waals surface area contributed by atoms with E-state index in [1.807, 2.05) is 0 Å². The summed E-state index contributed by atoms with van der Waals surface area (Å²) in [5, 5.41) is 8.99. The van der Waals surface area contributed by atoms with Gasteiger partial charge in [0.05, 0.1) is 17.7 Å². The van der Waals surface area contributed by atoms with E-state index in [0.717, 1.165) is 0 Å². The van der Waals surface area contributed by atoms with Gasteiger partial charge < -0.3 is 14.6 Å². The highest BCUT2D eigenvalue weighted by molar-refractivity contribution is 6.32. The second-order valence-electron chi connectivity index (χ2n) is 4.20. The molecule has 0 saturated heterocycles. The van der Waals surface area contributed by atoms with Crippen LogP contribution in [0.25, 0.3) is 0 Å². The number of benzene rings is 2. The molecule has 110 valence electrons. The van der Waals surface area contributed by atoms with Crippen LogP contribution in [0, 0.1) is 5.82 Å². The first-order chi connectivity index (χ1) is 10.0. The molecule has 0 aliphatic heterocycles. The molecule has 21 heavy (non-hydrogen) atoms. The van der Waals surface area contributed by atoms with Crippen molar-refractivity contribution in [2.45, 2.75) is 6.61 Å². The van der Waals surface area contributed by atoms with Crippen LogP contribution in [-0.4, -0.2) is 18.2 Å². The lowest BCUT2D eigenvalue weighted by Crippen LogP contribution is -2.01. The minimum absolute atomic E-state index is 0.0258. The first kappa shape index (κ1) is 15.1. The van der Waals surface area contributed by atoms with E-state index in [0.29, 0.717) is 11.3 Å². The Labute approximate surface area is 125 Å². The predicted octanol–water partition coefficient (Wildman–Crippen LogP) is 3.76. The van der Waals surface area contributed by atoms with Crippen LogP contribution in [-0.2, 0) is 6.61 Å². The monoisotopic (exact) mass is 310 g/mol. The van der Waals surface area contributed by atoms with Gasteiger partial charge in [-0.2, -0.15) is 0 Å². The molecule has 4 nitrogen and oxygen atoms in total. The van der Waals surface area contributed by atoms with Gasteiger partial charge in [0.25, 0.3) is 0 Å². The van der Waals surface area contributed by atoms with Gasteiger partial charge in [0.1, 0.15) is 23.9 Å². The Balaban J connectivity index is 2.11. The van der Waals surface area contributed by atoms with E-state index in [1.54, 1.807) is 12.1 Å². The third-order valence-corrected chi connectivity index (χ3v) is 3.12. The zero-order chi connectivity index (χ0) is 15.4. The van der Waals surface area contributed by atoms with Crippen molar-refractivity contribution < 1.29 is 23.8 Å². The van der Waals surface area contributed by atoms with Gasteiger partial charge in [-0.05, 0) is 30.3 Å². The Kier molecular flexibility index (Phi) is 4.65. The van der Waals surface area contributed by atoms with E-state index in [1.165, 1.54) is 31.4 Å². The summed E-state index contributed by atoms with van der Waals surface area (Å²) >= 11 is 5.93. The minimum Gasteiger partial charge on any atom is -0.497 e. The molecule has 0 unspecified atom stereocenters. The van der Waals surface area contributed by atoms with Crippen molar-refractivity contribution in [1.82, 2.24) is 0 Å². The Morgan fingerprint density at radius 2 is 2.05 bits per heavy atom. The summed E-state index contributed by atoms with van der Waals surface area (Å²) in [6, 6.07) is 8.52. The third-order valence-electron chi connectivity index (χ3n) is 2.82. The summed E-state index contributed by atoms with van der Waals surface area (Å²) in [5.41, 5.74) is 0.400. The lowest BCUT2D eigenvalue weighted by Gasteiger charge is -2.10. The summed E-state index contributed by atoms with van der Waals surface area (Å²) in [6.07, 6.45) is 0. The zero-order valence-electron chi connectivity index (χ0n) is 11.1. The highest BCUT2D eigenvalue weighted by Crippen LogP contribution is 2.27. The fourth-order valence-corrected chi connectivity index (χ4v) is 1.91. The Bertz CT molecular complexity index is 673. The molecular weight excluding hydrogens is 299 g/mol. The Hall–Kier alpha value is -2.27. The second-order valence-corrected chi connectivity index (χ2v) is 4.60. The molecule has 0 spiro atoms. The van der Waals surface area contributed by atoms with Crippen molar-refractivity contribution in [3.8, 4) is 11.5 Å². The summed E-state index contributed by atoms with van der Waals surface area (Å²) in [5.74, 6) is -0.825. The number of halogens is 2. The molecule has 0 aliphatic rings. The van der Waals surface area contributed by atoms with Crippen molar-refractivity contribution in [2.24, 2.45) is 0 Å². The van der Waals surface area contributed by atoms with E-state index in [4.69, 9.17) is 26.2 Å². The average molecular weight is 311 g/mol. The first-order valence-electron chi connectivity index (χ1n) is 5.99. The summed E-state index contributed by atoms with van der Waals surface area (Å²) in [6.45, 7) is -0.0258. The topological polar surface area (TPSA) is 55.8 Å². The van der Waals surface area contributed by atoms with Crippen LogP contribution >= 0.6 is 11.6 Å². The predicted molar refractivity (Wildman–Crippen MR) is 75.7 cm³/mol. The number of ether oxygens (including phenoxy) is 2. The molecule has 0 fully saturated rings. The van der Waals surface area contributed by atoms with Crippen LogP contribution < -0.4 is 9.47 Å². The largest absolute Gasteiger partial charge is 0.497 e. The number of carboxylic acid groups (broad SMARTS) is 1. The van der Waals surface area contributed by atoms with Gasteiger partial charge in [0, 0.05) is 11.6 Å². The SMILES string of the molecule is COc1ccc(COc2ccc(C(=O)O)cc2Cl)c(F)c1. The fraction of sp³-hybridized carbons (Fsp3) is 0.133. The van der Waals surface area contributed by atoms with Gasteiger partial charge in [0.2, 0.25) is 0 Å². The van der Waals surface area contributed by atoms with Crippen LogP contribution in [0.4, 0.5) is 4.39 Å². The van der Waals surface area contributed by atoms with Gasteiger partial charge in [-0.15, -0.1) is 0 Å². The molecule has 6 heteroatoms. The van der Waals surface area contributed by atoms with E-state index in [2.05, 4.69) is 0 Å². The molecule has 0 atom stereocenters. The lowest BCUT2D eigenvalue weighted by molar-refractivity contribution is 0.0697. The van der Waals surface area contributed by atoms with Gasteiger partial charge in [-0.1, -0.05) is 11.6 Å². The average Bonchev–Trinajstić information content (AvgIpc) is 2.46. The van der Waals surface area contributed by atoms with E-state index < -0.39 is 11.8 Å². The van der Waals surface area contributed by atoms with Gasteiger partial charge in [-0.3, -0.25) is 0 Å². The zero-order valence-corrected chi connectivity index (χ0v) is 11.9. The van der Waals surface area contributed by atoms with Crippen LogP contribution in [0.2, 0.25) is 5.02 Å². The Morgan fingerprint density at radius 3 is 2.62 bits per heavy atom.